The van der Waals surface area contributed by atoms with Gasteiger partial charge in [0.15, 0.2) is 5.78 Å². The Balaban J connectivity index is 1.96. The molecule has 0 bridgehead atoms. The molecule has 2 N–H and O–H groups in total. The van der Waals surface area contributed by atoms with Crippen LogP contribution in [0, 0.1) is 27.7 Å². The highest BCUT2D eigenvalue weighted by Gasteiger charge is 2.22. The molecule has 4 rings (SSSR count). The molecule has 0 atom stereocenters. The Morgan fingerprint density at radius 3 is 1.43 bits per heavy atom. The minimum absolute atomic E-state index is 0.0543. The number of carbonyl (C=O) groups is 1. The third-order valence-corrected chi connectivity index (χ3v) is 5.73. The fraction of sp³-hybridized carbons (Fsp3) is 0.160. The van der Waals surface area contributed by atoms with E-state index >= 15 is 0 Å². The van der Waals surface area contributed by atoms with Crippen LogP contribution in [0.4, 0.5) is 0 Å². The molecule has 0 unspecified atom stereocenters. The zero-order chi connectivity index (χ0) is 19.8. The van der Waals surface area contributed by atoms with E-state index in [1.807, 2.05) is 61.2 Å². The van der Waals surface area contributed by atoms with Crippen LogP contribution in [0.15, 0.2) is 61.2 Å². The third-order valence-electron chi connectivity index (χ3n) is 5.73. The molecule has 140 valence electrons. The molecule has 0 aliphatic carbocycles. The van der Waals surface area contributed by atoms with Gasteiger partial charge < -0.3 is 9.97 Å². The summed E-state index contributed by atoms with van der Waals surface area (Å²) in [4.78, 5) is 20.0. The van der Waals surface area contributed by atoms with E-state index < -0.39 is 0 Å². The number of aryl methyl sites for hydroxylation is 2. The molecule has 2 aromatic heterocycles. The molecule has 0 amide bonds. The van der Waals surface area contributed by atoms with Crippen molar-refractivity contribution in [3.8, 4) is 22.3 Å². The van der Waals surface area contributed by atoms with Gasteiger partial charge in [-0.1, -0.05) is 24.3 Å². The first kappa shape index (κ1) is 18.1. The van der Waals surface area contributed by atoms with Gasteiger partial charge >= 0.3 is 0 Å². The van der Waals surface area contributed by atoms with Gasteiger partial charge in [-0.3, -0.25) is 4.79 Å². The molecule has 3 nitrogen and oxygen atoms in total. The molecule has 28 heavy (non-hydrogen) atoms. The van der Waals surface area contributed by atoms with Crippen LogP contribution in [0.3, 0.4) is 0 Å². The number of aromatic amines is 2. The summed E-state index contributed by atoms with van der Waals surface area (Å²) in [6.07, 6.45) is 7.69. The first-order valence-electron chi connectivity index (χ1n) is 9.50. The van der Waals surface area contributed by atoms with Crippen LogP contribution in [0.5, 0.6) is 0 Å². The van der Waals surface area contributed by atoms with Crippen LogP contribution in [0.1, 0.15) is 38.2 Å². The Bertz CT molecular complexity index is 1060. The van der Waals surface area contributed by atoms with Gasteiger partial charge in [-0.15, -0.1) is 0 Å². The van der Waals surface area contributed by atoms with Gasteiger partial charge in [-0.05, 0) is 73.2 Å². The Hall–Kier alpha value is -3.33. The predicted molar refractivity (Wildman–Crippen MR) is 115 cm³/mol. The fourth-order valence-corrected chi connectivity index (χ4v) is 3.86. The summed E-state index contributed by atoms with van der Waals surface area (Å²) in [6, 6.07) is 12.0. The topological polar surface area (TPSA) is 48.6 Å². The van der Waals surface area contributed by atoms with E-state index in [1.165, 1.54) is 11.1 Å². The van der Waals surface area contributed by atoms with Crippen molar-refractivity contribution in [3.05, 3.63) is 94.6 Å². The molecular weight excluding hydrogens is 344 g/mol. The quantitative estimate of drug-likeness (QED) is 0.418. The second kappa shape index (κ2) is 7.01. The Morgan fingerprint density at radius 2 is 1.07 bits per heavy atom. The first-order chi connectivity index (χ1) is 13.5. The van der Waals surface area contributed by atoms with Crippen molar-refractivity contribution >= 4 is 5.78 Å². The van der Waals surface area contributed by atoms with Crippen LogP contribution in [0.2, 0.25) is 0 Å². The van der Waals surface area contributed by atoms with Crippen LogP contribution in [-0.4, -0.2) is 15.8 Å². The standard InChI is InChI=1S/C25H24N2O/c1-15-5-7-21(23(17(15)3)19-9-11-26-13-19)25(28)22-8-6-16(2)18(4)24(22)20-10-12-27-14-20/h5-14,26-27H,1-4H3. The van der Waals surface area contributed by atoms with E-state index in [-0.39, 0.29) is 5.78 Å². The number of aromatic nitrogens is 2. The monoisotopic (exact) mass is 368 g/mol. The summed E-state index contributed by atoms with van der Waals surface area (Å²) in [5, 5.41) is 0. The second-order valence-electron chi connectivity index (χ2n) is 7.39. The van der Waals surface area contributed by atoms with Gasteiger partial charge in [0.05, 0.1) is 0 Å². The highest BCUT2D eigenvalue weighted by molar-refractivity contribution is 6.16. The minimum Gasteiger partial charge on any atom is -0.367 e. The SMILES string of the molecule is Cc1ccc(C(=O)c2ccc(C)c(C)c2-c2cc[nH]c2)c(-c2cc[nH]c2)c1C. The fourth-order valence-electron chi connectivity index (χ4n) is 3.86. The Kier molecular flexibility index (Phi) is 4.52. The molecule has 0 radical (unpaired) electrons. The van der Waals surface area contributed by atoms with Crippen LogP contribution >= 0.6 is 0 Å². The molecular formula is C25H24N2O. The van der Waals surface area contributed by atoms with Crippen LogP contribution in [-0.2, 0) is 0 Å². The zero-order valence-corrected chi connectivity index (χ0v) is 16.7. The van der Waals surface area contributed by atoms with Crippen molar-refractivity contribution in [3.63, 3.8) is 0 Å². The van der Waals surface area contributed by atoms with Gasteiger partial charge in [-0.2, -0.15) is 0 Å². The number of H-pyrrole nitrogens is 2. The van der Waals surface area contributed by atoms with Crippen molar-refractivity contribution < 1.29 is 4.79 Å². The number of hydrogen-bond acceptors (Lipinski definition) is 1. The average molecular weight is 368 g/mol. The van der Waals surface area contributed by atoms with Crippen molar-refractivity contribution in [2.45, 2.75) is 27.7 Å². The molecule has 0 aliphatic heterocycles. The number of hydrogen-bond donors (Lipinski definition) is 2. The van der Waals surface area contributed by atoms with Gasteiger partial charge in [0.1, 0.15) is 0 Å². The highest BCUT2D eigenvalue weighted by Crippen LogP contribution is 2.35. The third kappa shape index (κ3) is 2.89. The van der Waals surface area contributed by atoms with E-state index in [1.54, 1.807) is 0 Å². The van der Waals surface area contributed by atoms with Crippen molar-refractivity contribution in [1.29, 1.82) is 0 Å². The molecule has 0 saturated carbocycles. The number of nitrogens with one attached hydrogen (secondary N) is 2. The lowest BCUT2D eigenvalue weighted by atomic mass is 9.85. The van der Waals surface area contributed by atoms with Crippen LogP contribution < -0.4 is 0 Å². The summed E-state index contributed by atoms with van der Waals surface area (Å²) in [5.41, 5.74) is 10.2. The largest absolute Gasteiger partial charge is 0.367 e. The average Bonchev–Trinajstić information content (AvgIpc) is 3.39. The maximum absolute atomic E-state index is 13.8. The van der Waals surface area contributed by atoms with Gasteiger partial charge in [0.25, 0.3) is 0 Å². The number of rotatable bonds is 4. The maximum Gasteiger partial charge on any atom is 0.194 e. The summed E-state index contributed by atoms with van der Waals surface area (Å²) >= 11 is 0. The minimum atomic E-state index is 0.0543. The molecule has 4 aromatic rings. The lowest BCUT2D eigenvalue weighted by Crippen LogP contribution is -2.08. The van der Waals surface area contributed by atoms with E-state index in [0.717, 1.165) is 44.5 Å². The lowest BCUT2D eigenvalue weighted by Gasteiger charge is -2.17. The summed E-state index contributed by atoms with van der Waals surface area (Å²) in [5.74, 6) is 0.0543. The molecule has 2 aromatic carbocycles. The summed E-state index contributed by atoms with van der Waals surface area (Å²) in [6.45, 7) is 8.34. The normalized spacial score (nSPS) is 11.0. The smallest absolute Gasteiger partial charge is 0.194 e. The van der Waals surface area contributed by atoms with Gasteiger partial charge in [-0.25, -0.2) is 0 Å². The molecule has 2 heterocycles. The number of benzene rings is 2. The Morgan fingerprint density at radius 1 is 0.643 bits per heavy atom. The maximum atomic E-state index is 13.8. The molecule has 0 spiro atoms. The summed E-state index contributed by atoms with van der Waals surface area (Å²) in [7, 11) is 0. The molecule has 0 fully saturated rings. The summed E-state index contributed by atoms with van der Waals surface area (Å²) < 4.78 is 0. The van der Waals surface area contributed by atoms with Gasteiger partial charge in [0.2, 0.25) is 0 Å². The first-order valence-corrected chi connectivity index (χ1v) is 9.50. The van der Waals surface area contributed by atoms with Crippen molar-refractivity contribution in [2.24, 2.45) is 0 Å². The molecule has 0 saturated heterocycles. The van der Waals surface area contributed by atoms with E-state index in [9.17, 15) is 4.79 Å². The lowest BCUT2D eigenvalue weighted by molar-refractivity contribution is 0.104. The van der Waals surface area contributed by atoms with E-state index in [2.05, 4.69) is 37.7 Å². The van der Waals surface area contributed by atoms with Crippen LogP contribution in [0.25, 0.3) is 22.3 Å². The molecule has 3 heteroatoms. The number of ketones is 1. The van der Waals surface area contributed by atoms with Gasteiger partial charge in [0, 0.05) is 47.0 Å². The van der Waals surface area contributed by atoms with Crippen molar-refractivity contribution in [1.82, 2.24) is 9.97 Å². The van der Waals surface area contributed by atoms with E-state index in [4.69, 9.17) is 0 Å². The second-order valence-corrected chi connectivity index (χ2v) is 7.39. The molecule has 0 aliphatic rings. The highest BCUT2D eigenvalue weighted by atomic mass is 16.1. The predicted octanol–water partition coefficient (Wildman–Crippen LogP) is 6.14. The number of carbonyl (C=O) groups excluding carboxylic acids is 1. The Labute approximate surface area is 165 Å². The zero-order valence-electron chi connectivity index (χ0n) is 16.7. The van der Waals surface area contributed by atoms with Crippen molar-refractivity contribution in [2.75, 3.05) is 0 Å². The van der Waals surface area contributed by atoms with E-state index in [0.29, 0.717) is 0 Å².